The van der Waals surface area contributed by atoms with Gasteiger partial charge in [-0.25, -0.2) is 9.59 Å². The summed E-state index contributed by atoms with van der Waals surface area (Å²) in [5, 5.41) is 11.9. The molecule has 0 saturated carbocycles. The van der Waals surface area contributed by atoms with Gasteiger partial charge >= 0.3 is 12.0 Å². The molecule has 2 amide bonds. The first kappa shape index (κ1) is 15.1. The van der Waals surface area contributed by atoms with E-state index in [1.165, 1.54) is 0 Å². The van der Waals surface area contributed by atoms with Gasteiger partial charge in [0.2, 0.25) is 0 Å². The number of halogens is 1. The van der Waals surface area contributed by atoms with Crippen LogP contribution in [0.15, 0.2) is 18.2 Å². The topological polar surface area (TPSA) is 69.6 Å². The maximum Gasteiger partial charge on any atom is 0.337 e. The van der Waals surface area contributed by atoms with Gasteiger partial charge in [-0.2, -0.15) is 0 Å². The minimum atomic E-state index is -1.04. The number of carbonyl (C=O) groups excluding carboxylic acids is 1. The number of rotatable bonds is 3. The zero-order chi connectivity index (χ0) is 14.7. The van der Waals surface area contributed by atoms with Gasteiger partial charge in [0, 0.05) is 16.7 Å². The first-order valence-corrected chi connectivity index (χ1v) is 7.68. The van der Waals surface area contributed by atoms with E-state index in [1.54, 1.807) is 23.1 Å². The van der Waals surface area contributed by atoms with Crippen LogP contribution in [0.3, 0.4) is 0 Å². The van der Waals surface area contributed by atoms with Gasteiger partial charge in [-0.15, -0.1) is 0 Å². The summed E-state index contributed by atoms with van der Waals surface area (Å²) >= 11 is 2.05. The van der Waals surface area contributed by atoms with Gasteiger partial charge in [0.05, 0.1) is 11.3 Å². The number of urea groups is 1. The largest absolute Gasteiger partial charge is 0.478 e. The summed E-state index contributed by atoms with van der Waals surface area (Å²) in [5.74, 6) is -0.483. The predicted molar refractivity (Wildman–Crippen MR) is 85.1 cm³/mol. The Balaban J connectivity index is 2.10. The molecule has 0 bridgehead atoms. The number of hydrogen-bond acceptors (Lipinski definition) is 2. The molecule has 1 aliphatic rings. The number of carboxylic acids is 1. The number of benzene rings is 1. The molecule has 0 aliphatic carbocycles. The highest BCUT2D eigenvalue weighted by Crippen LogP contribution is 2.22. The van der Waals surface area contributed by atoms with Crippen molar-refractivity contribution in [2.24, 2.45) is 5.92 Å². The summed E-state index contributed by atoms with van der Waals surface area (Å²) in [6.45, 7) is 3.60. The SMILES string of the molecule is CCC1CCN(C(=O)Nc2ccc(I)cc2C(=O)O)C1. The summed E-state index contributed by atoms with van der Waals surface area (Å²) in [4.78, 5) is 25.1. The Bertz CT molecular complexity index is 533. The van der Waals surface area contributed by atoms with Crippen LogP contribution in [0.4, 0.5) is 10.5 Å². The van der Waals surface area contributed by atoms with Crippen LogP contribution in [0.1, 0.15) is 30.1 Å². The van der Waals surface area contributed by atoms with Crippen LogP contribution in [0, 0.1) is 9.49 Å². The molecule has 1 unspecified atom stereocenters. The van der Waals surface area contributed by atoms with E-state index in [0.717, 1.165) is 29.5 Å². The number of likely N-dealkylation sites (tertiary alicyclic amines) is 1. The maximum atomic E-state index is 12.2. The van der Waals surface area contributed by atoms with E-state index in [9.17, 15) is 14.7 Å². The van der Waals surface area contributed by atoms with Crippen molar-refractivity contribution in [2.45, 2.75) is 19.8 Å². The van der Waals surface area contributed by atoms with Crippen LogP contribution in [0.25, 0.3) is 0 Å². The minimum absolute atomic E-state index is 0.122. The zero-order valence-electron chi connectivity index (χ0n) is 11.2. The zero-order valence-corrected chi connectivity index (χ0v) is 13.4. The van der Waals surface area contributed by atoms with E-state index in [2.05, 4.69) is 12.2 Å². The molecule has 20 heavy (non-hydrogen) atoms. The predicted octanol–water partition coefficient (Wildman–Crippen LogP) is 3.25. The van der Waals surface area contributed by atoms with Gasteiger partial charge in [0.25, 0.3) is 0 Å². The Morgan fingerprint density at radius 2 is 2.25 bits per heavy atom. The van der Waals surface area contributed by atoms with Gasteiger partial charge in [-0.3, -0.25) is 0 Å². The minimum Gasteiger partial charge on any atom is -0.478 e. The molecule has 0 spiro atoms. The highest BCUT2D eigenvalue weighted by atomic mass is 127. The van der Waals surface area contributed by atoms with Gasteiger partial charge in [-0.1, -0.05) is 13.3 Å². The fourth-order valence-corrected chi connectivity index (χ4v) is 2.84. The highest BCUT2D eigenvalue weighted by Gasteiger charge is 2.25. The number of nitrogens with zero attached hydrogens (tertiary/aromatic N) is 1. The van der Waals surface area contributed by atoms with E-state index in [0.29, 0.717) is 11.6 Å². The lowest BCUT2D eigenvalue weighted by Crippen LogP contribution is -2.33. The maximum absolute atomic E-state index is 12.2. The molecule has 108 valence electrons. The molecule has 0 radical (unpaired) electrons. The van der Waals surface area contributed by atoms with Crippen LogP contribution in [-0.4, -0.2) is 35.1 Å². The van der Waals surface area contributed by atoms with Gasteiger partial charge < -0.3 is 15.3 Å². The smallest absolute Gasteiger partial charge is 0.337 e. The third-order valence-corrected chi connectivity index (χ3v) is 4.28. The molecular weight excluding hydrogens is 371 g/mol. The number of aromatic carboxylic acids is 1. The Hall–Kier alpha value is -1.31. The Morgan fingerprint density at radius 1 is 1.50 bits per heavy atom. The van der Waals surface area contributed by atoms with E-state index in [-0.39, 0.29) is 11.6 Å². The Kier molecular flexibility index (Phi) is 4.85. The molecule has 5 nitrogen and oxygen atoms in total. The molecule has 1 aromatic carbocycles. The van der Waals surface area contributed by atoms with Crippen molar-refractivity contribution in [1.82, 2.24) is 4.90 Å². The molecule has 1 aliphatic heterocycles. The summed E-state index contributed by atoms with van der Waals surface area (Å²) in [5.41, 5.74) is 0.472. The van der Waals surface area contributed by atoms with Crippen molar-refractivity contribution < 1.29 is 14.7 Å². The third-order valence-electron chi connectivity index (χ3n) is 3.60. The molecule has 1 heterocycles. The molecule has 0 aromatic heterocycles. The van der Waals surface area contributed by atoms with Crippen LogP contribution in [-0.2, 0) is 0 Å². The van der Waals surface area contributed by atoms with Crippen molar-refractivity contribution in [3.63, 3.8) is 0 Å². The molecule has 1 saturated heterocycles. The number of carbonyl (C=O) groups is 2. The molecule has 2 rings (SSSR count). The third kappa shape index (κ3) is 3.41. The van der Waals surface area contributed by atoms with E-state index < -0.39 is 5.97 Å². The monoisotopic (exact) mass is 388 g/mol. The lowest BCUT2D eigenvalue weighted by molar-refractivity contribution is 0.0698. The van der Waals surface area contributed by atoms with Crippen LogP contribution in [0.5, 0.6) is 0 Å². The number of anilines is 1. The fourth-order valence-electron chi connectivity index (χ4n) is 2.35. The number of nitrogens with one attached hydrogen (secondary N) is 1. The van der Waals surface area contributed by atoms with Crippen LogP contribution < -0.4 is 5.32 Å². The lowest BCUT2D eigenvalue weighted by Gasteiger charge is -2.18. The molecule has 1 aromatic rings. The van der Waals surface area contributed by atoms with Crippen molar-refractivity contribution in [3.8, 4) is 0 Å². The van der Waals surface area contributed by atoms with Crippen LogP contribution >= 0.6 is 22.6 Å². The average molecular weight is 388 g/mol. The number of carboxylic acid groups (broad SMARTS) is 1. The average Bonchev–Trinajstić information content (AvgIpc) is 2.89. The molecule has 2 N–H and O–H groups in total. The summed E-state index contributed by atoms with van der Waals surface area (Å²) in [6.07, 6.45) is 2.08. The van der Waals surface area contributed by atoms with E-state index >= 15 is 0 Å². The van der Waals surface area contributed by atoms with Crippen molar-refractivity contribution in [3.05, 3.63) is 27.3 Å². The quantitative estimate of drug-likeness (QED) is 0.782. The summed E-state index contributed by atoms with van der Waals surface area (Å²) in [7, 11) is 0. The lowest BCUT2D eigenvalue weighted by atomic mass is 10.1. The number of hydrogen-bond donors (Lipinski definition) is 2. The summed E-state index contributed by atoms with van der Waals surface area (Å²) in [6, 6.07) is 4.75. The van der Waals surface area contributed by atoms with E-state index in [4.69, 9.17) is 0 Å². The standard InChI is InChI=1S/C14H17IN2O3/c1-2-9-5-6-17(8-9)14(20)16-12-4-3-10(15)7-11(12)13(18)19/h3-4,7,9H,2,5-6,8H2,1H3,(H,16,20)(H,18,19). The molecule has 1 atom stereocenters. The van der Waals surface area contributed by atoms with E-state index in [1.807, 2.05) is 22.6 Å². The highest BCUT2D eigenvalue weighted by molar-refractivity contribution is 14.1. The Morgan fingerprint density at radius 3 is 2.85 bits per heavy atom. The Labute approximate surface area is 131 Å². The normalized spacial score (nSPS) is 18.1. The van der Waals surface area contributed by atoms with Gasteiger partial charge in [0.15, 0.2) is 0 Å². The second kappa shape index (κ2) is 6.43. The number of amides is 2. The van der Waals surface area contributed by atoms with Crippen LogP contribution in [0.2, 0.25) is 0 Å². The first-order valence-electron chi connectivity index (χ1n) is 6.60. The first-order chi connectivity index (χ1) is 9.51. The molecule has 1 fully saturated rings. The van der Waals surface area contributed by atoms with Crippen molar-refractivity contribution >= 4 is 40.3 Å². The second-order valence-electron chi connectivity index (χ2n) is 4.93. The molecular formula is C14H17IN2O3. The summed E-state index contributed by atoms with van der Waals surface area (Å²) < 4.78 is 0.824. The van der Waals surface area contributed by atoms with Crippen molar-refractivity contribution in [1.29, 1.82) is 0 Å². The van der Waals surface area contributed by atoms with Gasteiger partial charge in [0.1, 0.15) is 0 Å². The van der Waals surface area contributed by atoms with Crippen molar-refractivity contribution in [2.75, 3.05) is 18.4 Å². The molecule has 6 heteroatoms. The van der Waals surface area contributed by atoms with Gasteiger partial charge in [-0.05, 0) is 53.1 Å². The second-order valence-corrected chi connectivity index (χ2v) is 6.18. The fraction of sp³-hybridized carbons (Fsp3) is 0.429.